The normalized spacial score (nSPS) is 16.1. The summed E-state index contributed by atoms with van der Waals surface area (Å²) >= 11 is 1.61. The van der Waals surface area contributed by atoms with Gasteiger partial charge in [0.2, 0.25) is 11.8 Å². The number of nitrogens with one attached hydrogen (secondary N) is 1. The maximum Gasteiger partial charge on any atom is 0.229 e. The minimum atomic E-state index is -0.364. The average Bonchev–Trinajstić information content (AvgIpc) is 3.12. The van der Waals surface area contributed by atoms with E-state index in [0.717, 1.165) is 26.7 Å². The van der Waals surface area contributed by atoms with Crippen LogP contribution in [0.4, 0.5) is 11.4 Å². The van der Waals surface area contributed by atoms with Gasteiger partial charge in [0.1, 0.15) is 0 Å². The lowest BCUT2D eigenvalue weighted by Crippen LogP contribution is -2.28. The lowest BCUT2D eigenvalue weighted by molar-refractivity contribution is -0.122. The summed E-state index contributed by atoms with van der Waals surface area (Å²) in [6.07, 6.45) is 0.230. The van der Waals surface area contributed by atoms with Crippen molar-refractivity contribution in [2.24, 2.45) is 5.92 Å². The minimum Gasteiger partial charge on any atom is -0.325 e. The number of para-hydroxylation sites is 2. The van der Waals surface area contributed by atoms with Crippen LogP contribution in [-0.2, 0) is 9.59 Å². The standard InChI is InChI=1S/C24H22N2O2S/c1-17-9-5-7-13-21(17)26-16-18(15-23(26)27)24(28)25-20-12-6-8-14-22(20)29-19-10-3-2-4-11-19/h2-14,18H,15-16H2,1H3,(H,25,28)/t18-/m0/s1. The fourth-order valence-corrected chi connectivity index (χ4v) is 4.41. The van der Waals surface area contributed by atoms with Crippen molar-refractivity contribution in [1.29, 1.82) is 0 Å². The van der Waals surface area contributed by atoms with Crippen LogP contribution in [0.2, 0.25) is 0 Å². The van der Waals surface area contributed by atoms with Gasteiger partial charge in [-0.05, 0) is 42.8 Å². The van der Waals surface area contributed by atoms with Gasteiger partial charge in [0.15, 0.2) is 0 Å². The molecule has 0 saturated carbocycles. The molecule has 0 aliphatic carbocycles. The molecule has 3 aromatic carbocycles. The molecule has 1 N–H and O–H groups in total. The molecular formula is C24H22N2O2S. The summed E-state index contributed by atoms with van der Waals surface area (Å²) in [4.78, 5) is 29.3. The number of rotatable bonds is 5. The van der Waals surface area contributed by atoms with Crippen LogP contribution in [0.1, 0.15) is 12.0 Å². The molecule has 0 radical (unpaired) electrons. The smallest absolute Gasteiger partial charge is 0.229 e. The predicted molar refractivity (Wildman–Crippen MR) is 117 cm³/mol. The molecule has 0 bridgehead atoms. The Morgan fingerprint density at radius 1 is 0.966 bits per heavy atom. The number of anilines is 2. The maximum absolute atomic E-state index is 12.9. The first-order chi connectivity index (χ1) is 14.1. The van der Waals surface area contributed by atoms with Gasteiger partial charge in [0.05, 0.1) is 11.6 Å². The lowest BCUT2D eigenvalue weighted by Gasteiger charge is -2.19. The van der Waals surface area contributed by atoms with Gasteiger partial charge in [-0.2, -0.15) is 0 Å². The van der Waals surface area contributed by atoms with Crippen LogP contribution in [0.15, 0.2) is 88.7 Å². The van der Waals surface area contributed by atoms with Crippen molar-refractivity contribution >= 4 is 35.0 Å². The minimum absolute atomic E-state index is 0.00797. The fourth-order valence-electron chi connectivity index (χ4n) is 3.49. The lowest BCUT2D eigenvalue weighted by atomic mass is 10.1. The topological polar surface area (TPSA) is 49.4 Å². The highest BCUT2D eigenvalue weighted by molar-refractivity contribution is 7.99. The molecule has 4 rings (SSSR count). The highest BCUT2D eigenvalue weighted by atomic mass is 32.2. The summed E-state index contributed by atoms with van der Waals surface area (Å²) < 4.78 is 0. The first-order valence-electron chi connectivity index (χ1n) is 9.60. The van der Waals surface area contributed by atoms with E-state index in [-0.39, 0.29) is 24.2 Å². The first kappa shape index (κ1) is 19.3. The van der Waals surface area contributed by atoms with Gasteiger partial charge in [0.25, 0.3) is 0 Å². The van der Waals surface area contributed by atoms with Crippen molar-refractivity contribution < 1.29 is 9.59 Å². The van der Waals surface area contributed by atoms with Gasteiger partial charge < -0.3 is 10.2 Å². The van der Waals surface area contributed by atoms with Gasteiger partial charge in [0, 0.05) is 28.4 Å². The van der Waals surface area contributed by atoms with Gasteiger partial charge in [-0.1, -0.05) is 60.3 Å². The second-order valence-corrected chi connectivity index (χ2v) is 8.21. The molecule has 0 aromatic heterocycles. The maximum atomic E-state index is 12.9. The Labute approximate surface area is 174 Å². The summed E-state index contributed by atoms with van der Waals surface area (Å²) in [6, 6.07) is 25.6. The summed E-state index contributed by atoms with van der Waals surface area (Å²) in [7, 11) is 0. The van der Waals surface area contributed by atoms with E-state index in [2.05, 4.69) is 5.32 Å². The fraction of sp³-hybridized carbons (Fsp3) is 0.167. The highest BCUT2D eigenvalue weighted by Gasteiger charge is 2.35. The average molecular weight is 403 g/mol. The van der Waals surface area contributed by atoms with Crippen molar-refractivity contribution in [2.45, 2.75) is 23.1 Å². The molecule has 1 heterocycles. The van der Waals surface area contributed by atoms with Crippen molar-refractivity contribution in [2.75, 3.05) is 16.8 Å². The van der Waals surface area contributed by atoms with Crippen LogP contribution in [0.5, 0.6) is 0 Å². The van der Waals surface area contributed by atoms with E-state index >= 15 is 0 Å². The SMILES string of the molecule is Cc1ccccc1N1C[C@@H](C(=O)Nc2ccccc2Sc2ccccc2)CC1=O. The Kier molecular flexibility index (Phi) is 5.67. The molecule has 0 spiro atoms. The molecule has 2 amide bonds. The monoisotopic (exact) mass is 402 g/mol. The van der Waals surface area contributed by atoms with Crippen LogP contribution in [-0.4, -0.2) is 18.4 Å². The Morgan fingerprint density at radius 3 is 2.45 bits per heavy atom. The number of benzene rings is 3. The molecule has 0 unspecified atom stereocenters. The molecule has 146 valence electrons. The van der Waals surface area contributed by atoms with Gasteiger partial charge in [-0.25, -0.2) is 0 Å². The summed E-state index contributed by atoms with van der Waals surface area (Å²) in [6.45, 7) is 2.39. The molecule has 3 aromatic rings. The third kappa shape index (κ3) is 4.35. The molecule has 1 saturated heterocycles. The molecule has 29 heavy (non-hydrogen) atoms. The summed E-state index contributed by atoms with van der Waals surface area (Å²) in [5.41, 5.74) is 2.69. The number of hydrogen-bond acceptors (Lipinski definition) is 3. The van der Waals surface area contributed by atoms with Crippen molar-refractivity contribution in [3.05, 3.63) is 84.4 Å². The van der Waals surface area contributed by atoms with Crippen LogP contribution >= 0.6 is 11.8 Å². The van der Waals surface area contributed by atoms with Gasteiger partial charge >= 0.3 is 0 Å². The largest absolute Gasteiger partial charge is 0.325 e. The van der Waals surface area contributed by atoms with Crippen molar-refractivity contribution in [1.82, 2.24) is 0 Å². The Balaban J connectivity index is 1.48. The number of amides is 2. The second-order valence-electron chi connectivity index (χ2n) is 7.09. The van der Waals surface area contributed by atoms with Crippen molar-refractivity contribution in [3.8, 4) is 0 Å². The molecule has 1 aliphatic heterocycles. The number of aryl methyl sites for hydroxylation is 1. The molecule has 4 nitrogen and oxygen atoms in total. The van der Waals surface area contributed by atoms with Crippen LogP contribution in [0.25, 0.3) is 0 Å². The Bertz CT molecular complexity index is 1040. The zero-order valence-corrected chi connectivity index (χ0v) is 17.0. The predicted octanol–water partition coefficient (Wildman–Crippen LogP) is 5.14. The molecule has 1 aliphatic rings. The van der Waals surface area contributed by atoms with Gasteiger partial charge in [-0.15, -0.1) is 0 Å². The number of nitrogens with zero attached hydrogens (tertiary/aromatic N) is 1. The van der Waals surface area contributed by atoms with Crippen LogP contribution < -0.4 is 10.2 Å². The van der Waals surface area contributed by atoms with E-state index in [1.54, 1.807) is 16.7 Å². The summed E-state index contributed by atoms with van der Waals surface area (Å²) in [5.74, 6) is -0.487. The molecule has 1 atom stereocenters. The van der Waals surface area contributed by atoms with E-state index in [9.17, 15) is 9.59 Å². The summed E-state index contributed by atoms with van der Waals surface area (Å²) in [5, 5.41) is 3.04. The number of carbonyl (C=O) groups excluding carboxylic acids is 2. The van der Waals surface area contributed by atoms with Crippen LogP contribution in [0, 0.1) is 12.8 Å². The Morgan fingerprint density at radius 2 is 1.66 bits per heavy atom. The Hall–Kier alpha value is -3.05. The molecule has 5 heteroatoms. The van der Waals surface area contributed by atoms with Crippen LogP contribution in [0.3, 0.4) is 0 Å². The molecule has 1 fully saturated rings. The zero-order valence-electron chi connectivity index (χ0n) is 16.2. The quantitative estimate of drug-likeness (QED) is 0.643. The number of carbonyl (C=O) groups is 2. The van der Waals surface area contributed by atoms with E-state index in [1.165, 1.54) is 0 Å². The first-order valence-corrected chi connectivity index (χ1v) is 10.4. The highest BCUT2D eigenvalue weighted by Crippen LogP contribution is 2.34. The van der Waals surface area contributed by atoms with E-state index in [1.807, 2.05) is 85.8 Å². The third-order valence-electron chi connectivity index (χ3n) is 5.02. The van der Waals surface area contributed by atoms with E-state index in [0.29, 0.717) is 6.54 Å². The third-order valence-corrected chi connectivity index (χ3v) is 6.10. The van der Waals surface area contributed by atoms with E-state index in [4.69, 9.17) is 0 Å². The number of hydrogen-bond donors (Lipinski definition) is 1. The van der Waals surface area contributed by atoms with E-state index < -0.39 is 0 Å². The van der Waals surface area contributed by atoms with Gasteiger partial charge in [-0.3, -0.25) is 9.59 Å². The molecular weight excluding hydrogens is 380 g/mol. The zero-order chi connectivity index (χ0) is 20.2. The second kappa shape index (κ2) is 8.53. The van der Waals surface area contributed by atoms with Crippen molar-refractivity contribution in [3.63, 3.8) is 0 Å².